The third kappa shape index (κ3) is 5.37. The summed E-state index contributed by atoms with van der Waals surface area (Å²) in [6.07, 6.45) is 6.05. The molecule has 2 aromatic rings. The van der Waals surface area contributed by atoms with Crippen LogP contribution in [-0.2, 0) is 9.53 Å². The van der Waals surface area contributed by atoms with Crippen LogP contribution in [0.2, 0.25) is 0 Å². The van der Waals surface area contributed by atoms with Crippen molar-refractivity contribution in [2.24, 2.45) is 10.9 Å². The molecular formula is C28H31N3O5. The normalized spacial score (nSPS) is 23.5. The molecule has 2 aromatic carbocycles. The zero-order chi connectivity index (χ0) is 25.1. The van der Waals surface area contributed by atoms with Crippen molar-refractivity contribution in [3.05, 3.63) is 60.3 Å². The van der Waals surface area contributed by atoms with Gasteiger partial charge >= 0.3 is 12.0 Å². The smallest absolute Gasteiger partial charge is 0.326 e. The van der Waals surface area contributed by atoms with E-state index in [1.807, 2.05) is 61.7 Å². The standard InChI is InChI=1S/C28H31N3O5/c1-18-17-31(28(34)30-22-5-3-2-4-6-22)24-13-9-20(15-25(24)35-18)21-10-14-26(29-16-21)36-23-11-7-19(8-12-23)27(32)33/h2-6,9,13,15-16,18-19,23H,7-8,10-12,14,17H2,1H3,(H,30,34)(H,32,33). The molecule has 2 amide bonds. The second kappa shape index (κ2) is 10.4. The Hall–Kier alpha value is -3.81. The van der Waals surface area contributed by atoms with E-state index >= 15 is 0 Å². The molecular weight excluding hydrogens is 458 g/mol. The van der Waals surface area contributed by atoms with Crippen molar-refractivity contribution < 1.29 is 24.2 Å². The summed E-state index contributed by atoms with van der Waals surface area (Å²) in [7, 11) is 0. The monoisotopic (exact) mass is 489 g/mol. The molecule has 5 rings (SSSR count). The lowest BCUT2D eigenvalue weighted by molar-refractivity contribution is -0.143. The molecule has 2 heterocycles. The summed E-state index contributed by atoms with van der Waals surface area (Å²) in [5.41, 5.74) is 3.59. The molecule has 8 heteroatoms. The number of anilines is 2. The van der Waals surface area contributed by atoms with Gasteiger partial charge in [0.15, 0.2) is 5.90 Å². The topological polar surface area (TPSA) is 100 Å². The van der Waals surface area contributed by atoms with Crippen LogP contribution in [-0.4, -0.2) is 41.8 Å². The highest BCUT2D eigenvalue weighted by Gasteiger charge is 2.30. The number of carboxylic acids is 1. The van der Waals surface area contributed by atoms with Gasteiger partial charge in [-0.1, -0.05) is 24.3 Å². The first kappa shape index (κ1) is 23.9. The number of nitrogens with one attached hydrogen (secondary N) is 1. The minimum Gasteiger partial charge on any atom is -0.487 e. The Morgan fingerprint density at radius 1 is 1.08 bits per heavy atom. The van der Waals surface area contributed by atoms with E-state index in [0.717, 1.165) is 41.8 Å². The van der Waals surface area contributed by atoms with Crippen molar-refractivity contribution >= 4 is 34.8 Å². The van der Waals surface area contributed by atoms with Crippen molar-refractivity contribution in [1.29, 1.82) is 0 Å². The quantitative estimate of drug-likeness (QED) is 0.574. The molecule has 8 nitrogen and oxygen atoms in total. The molecule has 0 spiro atoms. The van der Waals surface area contributed by atoms with Crippen LogP contribution < -0.4 is 15.0 Å². The number of carbonyl (C=O) groups excluding carboxylic acids is 1. The molecule has 1 unspecified atom stereocenters. The Morgan fingerprint density at radius 2 is 1.86 bits per heavy atom. The maximum Gasteiger partial charge on any atom is 0.326 e. The predicted octanol–water partition coefficient (Wildman–Crippen LogP) is 5.70. The van der Waals surface area contributed by atoms with Crippen LogP contribution in [0.15, 0.2) is 59.7 Å². The molecule has 0 aromatic heterocycles. The molecule has 0 bridgehead atoms. The van der Waals surface area contributed by atoms with Crippen LogP contribution >= 0.6 is 0 Å². The molecule has 0 radical (unpaired) electrons. The van der Waals surface area contributed by atoms with Gasteiger partial charge in [0, 0.05) is 18.3 Å². The Morgan fingerprint density at radius 3 is 2.56 bits per heavy atom. The number of carbonyl (C=O) groups is 2. The lowest BCUT2D eigenvalue weighted by Gasteiger charge is -2.34. The number of hydrogen-bond acceptors (Lipinski definition) is 5. The summed E-state index contributed by atoms with van der Waals surface area (Å²) in [6, 6.07) is 15.1. The molecule has 188 valence electrons. The lowest BCUT2D eigenvalue weighted by Crippen LogP contribution is -2.44. The van der Waals surface area contributed by atoms with Crippen LogP contribution in [0.3, 0.4) is 0 Å². The first-order valence-corrected chi connectivity index (χ1v) is 12.6. The van der Waals surface area contributed by atoms with E-state index in [1.54, 1.807) is 4.90 Å². The number of rotatable bonds is 4. The van der Waals surface area contributed by atoms with E-state index in [4.69, 9.17) is 14.6 Å². The van der Waals surface area contributed by atoms with Crippen molar-refractivity contribution in [3.63, 3.8) is 0 Å². The summed E-state index contributed by atoms with van der Waals surface area (Å²) in [5, 5.41) is 12.1. The Kier molecular flexibility index (Phi) is 6.93. The number of amides is 2. The largest absolute Gasteiger partial charge is 0.487 e. The molecule has 0 saturated heterocycles. The average Bonchev–Trinajstić information content (AvgIpc) is 2.89. The molecule has 1 saturated carbocycles. The Labute approximate surface area is 210 Å². The number of aliphatic carboxylic acids is 1. The summed E-state index contributed by atoms with van der Waals surface area (Å²) < 4.78 is 12.2. The second-order valence-electron chi connectivity index (χ2n) is 9.62. The summed E-state index contributed by atoms with van der Waals surface area (Å²) in [5.74, 6) is 0.430. The van der Waals surface area contributed by atoms with Crippen molar-refractivity contribution in [1.82, 2.24) is 0 Å². The zero-order valence-electron chi connectivity index (χ0n) is 20.4. The van der Waals surface area contributed by atoms with Gasteiger partial charge in [0.1, 0.15) is 18.0 Å². The summed E-state index contributed by atoms with van der Waals surface area (Å²) in [4.78, 5) is 30.4. The molecule has 3 aliphatic rings. The third-order valence-corrected chi connectivity index (χ3v) is 6.96. The number of allylic oxidation sites excluding steroid dienone is 1. The fourth-order valence-corrected chi connectivity index (χ4v) is 4.99. The molecule has 2 aliphatic heterocycles. The molecule has 2 N–H and O–H groups in total. The number of nitrogens with zero attached hydrogens (tertiary/aromatic N) is 2. The maximum absolute atomic E-state index is 13.0. The van der Waals surface area contributed by atoms with Crippen molar-refractivity contribution in [3.8, 4) is 5.75 Å². The number of para-hydroxylation sites is 1. The lowest BCUT2D eigenvalue weighted by atomic mass is 9.87. The van der Waals surface area contributed by atoms with Crippen LogP contribution in [0.1, 0.15) is 51.0 Å². The number of aliphatic imine (C=N–C) groups is 1. The van der Waals surface area contributed by atoms with E-state index < -0.39 is 5.97 Å². The average molecular weight is 490 g/mol. The van der Waals surface area contributed by atoms with Gasteiger partial charge in [0.2, 0.25) is 0 Å². The highest BCUT2D eigenvalue weighted by Crippen LogP contribution is 2.38. The van der Waals surface area contributed by atoms with Crippen LogP contribution in [0, 0.1) is 5.92 Å². The predicted molar refractivity (Wildman–Crippen MR) is 138 cm³/mol. The fourth-order valence-electron chi connectivity index (χ4n) is 4.99. The van der Waals surface area contributed by atoms with Crippen LogP contribution in [0.4, 0.5) is 16.2 Å². The van der Waals surface area contributed by atoms with Gasteiger partial charge in [-0.2, -0.15) is 0 Å². The van der Waals surface area contributed by atoms with E-state index in [9.17, 15) is 9.59 Å². The highest BCUT2D eigenvalue weighted by atomic mass is 16.5. The van der Waals surface area contributed by atoms with Gasteiger partial charge in [-0.15, -0.1) is 0 Å². The van der Waals surface area contributed by atoms with Gasteiger partial charge in [0.05, 0.1) is 18.2 Å². The fraction of sp³-hybridized carbons (Fsp3) is 0.393. The Bertz CT molecular complexity index is 1180. The third-order valence-electron chi connectivity index (χ3n) is 6.96. The number of fused-ring (bicyclic) bond motifs is 1. The molecule has 1 fully saturated rings. The zero-order valence-corrected chi connectivity index (χ0v) is 20.4. The van der Waals surface area contributed by atoms with Crippen molar-refractivity contribution in [2.75, 3.05) is 16.8 Å². The number of benzene rings is 2. The SMILES string of the molecule is CC1CN(C(=O)Nc2ccccc2)c2ccc(C3=CN=C(OC4CCC(C(=O)O)CC4)CC3)cc2O1. The molecule has 36 heavy (non-hydrogen) atoms. The number of urea groups is 1. The first-order valence-electron chi connectivity index (χ1n) is 12.6. The first-order chi connectivity index (χ1) is 17.5. The number of ether oxygens (including phenoxy) is 2. The Balaban J connectivity index is 1.26. The van der Waals surface area contributed by atoms with E-state index in [0.29, 0.717) is 37.5 Å². The van der Waals surface area contributed by atoms with Crippen molar-refractivity contribution in [2.45, 2.75) is 57.7 Å². The van der Waals surface area contributed by atoms with E-state index in [2.05, 4.69) is 10.3 Å². The maximum atomic E-state index is 13.0. The van der Waals surface area contributed by atoms with Gasteiger partial charge in [-0.05, 0) is 74.4 Å². The molecule has 1 aliphatic carbocycles. The minimum atomic E-state index is -0.709. The van der Waals surface area contributed by atoms with Crippen LogP contribution in [0.5, 0.6) is 5.75 Å². The van der Waals surface area contributed by atoms with Crippen LogP contribution in [0.25, 0.3) is 5.57 Å². The van der Waals surface area contributed by atoms with Gasteiger partial charge in [0.25, 0.3) is 0 Å². The highest BCUT2D eigenvalue weighted by molar-refractivity contribution is 6.03. The van der Waals surface area contributed by atoms with E-state index in [-0.39, 0.29) is 24.2 Å². The summed E-state index contributed by atoms with van der Waals surface area (Å²) in [6.45, 7) is 2.42. The summed E-state index contributed by atoms with van der Waals surface area (Å²) >= 11 is 0. The number of carboxylic acid groups (broad SMARTS) is 1. The minimum absolute atomic E-state index is 0.0425. The second-order valence-corrected chi connectivity index (χ2v) is 9.62. The number of hydrogen-bond donors (Lipinski definition) is 2. The van der Waals surface area contributed by atoms with E-state index in [1.165, 1.54) is 0 Å². The molecule has 1 atom stereocenters. The van der Waals surface area contributed by atoms with Gasteiger partial charge in [-0.25, -0.2) is 9.79 Å². The van der Waals surface area contributed by atoms with Gasteiger partial charge in [-0.3, -0.25) is 9.69 Å². The van der Waals surface area contributed by atoms with Gasteiger partial charge < -0.3 is 19.9 Å².